The van der Waals surface area contributed by atoms with Gasteiger partial charge in [-0.3, -0.25) is 0 Å². The van der Waals surface area contributed by atoms with E-state index in [4.69, 9.17) is 0 Å². The van der Waals surface area contributed by atoms with Crippen LogP contribution in [0.1, 0.15) is 23.6 Å². The van der Waals surface area contributed by atoms with Gasteiger partial charge in [-0.15, -0.1) is 11.8 Å². The average Bonchev–Trinajstić information content (AvgIpc) is 2.93. The van der Waals surface area contributed by atoms with Crippen LogP contribution < -0.4 is 5.32 Å². The Morgan fingerprint density at radius 3 is 2.56 bits per heavy atom. The molecule has 3 heteroatoms. The predicted octanol–water partition coefficient (Wildman–Crippen LogP) is 4.36. The highest BCUT2D eigenvalue weighted by atomic mass is 32.2. The zero-order chi connectivity index (χ0) is 12.8. The maximum Gasteiger partial charge on any atom is 0.0320 e. The van der Waals surface area contributed by atoms with Gasteiger partial charge in [-0.2, -0.15) is 11.3 Å². The molecule has 0 fully saturated rings. The van der Waals surface area contributed by atoms with Crippen molar-refractivity contribution in [3.05, 3.63) is 52.2 Å². The van der Waals surface area contributed by atoms with Crippen molar-refractivity contribution in [1.82, 2.24) is 5.32 Å². The van der Waals surface area contributed by atoms with E-state index in [-0.39, 0.29) is 0 Å². The largest absolute Gasteiger partial charge is 0.313 e. The van der Waals surface area contributed by atoms with Gasteiger partial charge in [0.25, 0.3) is 0 Å². The van der Waals surface area contributed by atoms with Crippen molar-refractivity contribution in [2.24, 2.45) is 0 Å². The van der Waals surface area contributed by atoms with Crippen LogP contribution in [0.5, 0.6) is 0 Å². The van der Waals surface area contributed by atoms with Crippen LogP contribution in [0.25, 0.3) is 0 Å². The van der Waals surface area contributed by atoms with E-state index in [9.17, 15) is 0 Å². The van der Waals surface area contributed by atoms with Gasteiger partial charge < -0.3 is 5.32 Å². The molecule has 1 aromatic carbocycles. The lowest BCUT2D eigenvalue weighted by Gasteiger charge is -2.16. The molecule has 0 aliphatic heterocycles. The summed E-state index contributed by atoms with van der Waals surface area (Å²) in [5.41, 5.74) is 2.83. The highest BCUT2D eigenvalue weighted by molar-refractivity contribution is 7.98. The van der Waals surface area contributed by atoms with Crippen molar-refractivity contribution in [2.45, 2.75) is 23.8 Å². The molecule has 96 valence electrons. The second-order valence-corrected chi connectivity index (χ2v) is 5.94. The van der Waals surface area contributed by atoms with Gasteiger partial charge in [-0.25, -0.2) is 0 Å². The van der Waals surface area contributed by atoms with Crippen LogP contribution in [0.15, 0.2) is 46.0 Å². The summed E-state index contributed by atoms with van der Waals surface area (Å²) in [6, 6.07) is 11.5. The average molecular weight is 277 g/mol. The molecule has 0 saturated heterocycles. The Morgan fingerprint density at radius 1 is 1.22 bits per heavy atom. The van der Waals surface area contributed by atoms with Gasteiger partial charge >= 0.3 is 0 Å². The molecular weight excluding hydrogens is 258 g/mol. The predicted molar refractivity (Wildman–Crippen MR) is 82.7 cm³/mol. The fourth-order valence-corrected chi connectivity index (χ4v) is 3.17. The highest BCUT2D eigenvalue weighted by Gasteiger charge is 2.09. The van der Waals surface area contributed by atoms with Crippen LogP contribution in [-0.2, 0) is 6.42 Å². The van der Waals surface area contributed by atoms with Crippen LogP contribution in [0.2, 0.25) is 0 Å². The first-order valence-corrected chi connectivity index (χ1v) is 8.32. The molecule has 0 amide bonds. The minimum atomic E-state index is 0.445. The monoisotopic (exact) mass is 277 g/mol. The topological polar surface area (TPSA) is 12.0 Å². The normalized spacial score (nSPS) is 12.6. The molecule has 1 N–H and O–H groups in total. The van der Waals surface area contributed by atoms with Crippen molar-refractivity contribution in [1.29, 1.82) is 0 Å². The van der Waals surface area contributed by atoms with E-state index in [2.05, 4.69) is 52.7 Å². The number of benzene rings is 1. The summed E-state index contributed by atoms with van der Waals surface area (Å²) in [4.78, 5) is 1.33. The van der Waals surface area contributed by atoms with E-state index < -0.39 is 0 Å². The lowest BCUT2D eigenvalue weighted by atomic mass is 10.0. The molecule has 1 heterocycles. The Kier molecular flexibility index (Phi) is 5.29. The standard InChI is InChI=1S/C15H19NS2/c1-16-15(8-3-12-9-10-18-11-12)13-4-6-14(17-2)7-5-13/h4-7,9-11,15-16H,3,8H2,1-2H3. The molecule has 0 spiro atoms. The van der Waals surface area contributed by atoms with Crippen LogP contribution in [0.4, 0.5) is 0 Å². The molecule has 1 nitrogen and oxygen atoms in total. The number of aryl methyl sites for hydroxylation is 1. The molecule has 1 atom stereocenters. The Balaban J connectivity index is 1.98. The van der Waals surface area contributed by atoms with Gasteiger partial charge in [0, 0.05) is 10.9 Å². The first kappa shape index (κ1) is 13.7. The lowest BCUT2D eigenvalue weighted by Crippen LogP contribution is -2.16. The molecular formula is C15H19NS2. The molecule has 2 rings (SSSR count). The number of nitrogens with one attached hydrogen (secondary N) is 1. The zero-order valence-corrected chi connectivity index (χ0v) is 12.5. The number of thiophene rings is 1. The van der Waals surface area contributed by atoms with Crippen molar-refractivity contribution in [2.75, 3.05) is 13.3 Å². The third kappa shape index (κ3) is 3.61. The maximum absolute atomic E-state index is 3.41. The van der Waals surface area contributed by atoms with Crippen LogP contribution in [0.3, 0.4) is 0 Å². The number of hydrogen-bond donors (Lipinski definition) is 1. The molecule has 1 unspecified atom stereocenters. The van der Waals surface area contributed by atoms with Crippen LogP contribution in [-0.4, -0.2) is 13.3 Å². The third-order valence-corrected chi connectivity index (χ3v) is 4.64. The van der Waals surface area contributed by atoms with Gasteiger partial charge in [-0.1, -0.05) is 12.1 Å². The van der Waals surface area contributed by atoms with Gasteiger partial charge in [0.05, 0.1) is 0 Å². The van der Waals surface area contributed by atoms with Crippen molar-refractivity contribution < 1.29 is 0 Å². The number of thioether (sulfide) groups is 1. The fourth-order valence-electron chi connectivity index (χ4n) is 2.06. The Hall–Kier alpha value is -0.770. The Morgan fingerprint density at radius 2 is 2.00 bits per heavy atom. The highest BCUT2D eigenvalue weighted by Crippen LogP contribution is 2.22. The summed E-state index contributed by atoms with van der Waals surface area (Å²) in [7, 11) is 2.04. The van der Waals surface area contributed by atoms with E-state index in [1.807, 2.05) is 7.05 Å². The molecule has 18 heavy (non-hydrogen) atoms. The molecule has 2 aromatic rings. The number of hydrogen-bond acceptors (Lipinski definition) is 3. The molecule has 0 aliphatic rings. The minimum Gasteiger partial charge on any atom is -0.313 e. The summed E-state index contributed by atoms with van der Waals surface area (Å²) < 4.78 is 0. The fraction of sp³-hybridized carbons (Fsp3) is 0.333. The SMILES string of the molecule is CNC(CCc1ccsc1)c1ccc(SC)cc1. The molecule has 0 saturated carbocycles. The van der Waals surface area contributed by atoms with Crippen molar-refractivity contribution in [3.63, 3.8) is 0 Å². The van der Waals surface area contributed by atoms with Crippen LogP contribution in [0, 0.1) is 0 Å². The van der Waals surface area contributed by atoms with Crippen molar-refractivity contribution >= 4 is 23.1 Å². The minimum absolute atomic E-state index is 0.445. The van der Waals surface area contributed by atoms with Gasteiger partial charge in [-0.05, 0) is 66.2 Å². The van der Waals surface area contributed by atoms with Crippen molar-refractivity contribution in [3.8, 4) is 0 Å². The van der Waals surface area contributed by atoms with E-state index in [1.165, 1.54) is 16.0 Å². The third-order valence-electron chi connectivity index (χ3n) is 3.17. The lowest BCUT2D eigenvalue weighted by molar-refractivity contribution is 0.549. The zero-order valence-electron chi connectivity index (χ0n) is 10.8. The smallest absolute Gasteiger partial charge is 0.0320 e. The van der Waals surface area contributed by atoms with Gasteiger partial charge in [0.1, 0.15) is 0 Å². The quantitative estimate of drug-likeness (QED) is 0.787. The molecule has 0 bridgehead atoms. The van der Waals surface area contributed by atoms with E-state index in [0.717, 1.165) is 12.8 Å². The molecule has 1 aromatic heterocycles. The molecule has 0 radical (unpaired) electrons. The van der Waals surface area contributed by atoms with Crippen LogP contribution >= 0.6 is 23.1 Å². The van der Waals surface area contributed by atoms with E-state index >= 15 is 0 Å². The number of rotatable bonds is 6. The summed E-state index contributed by atoms with van der Waals surface area (Å²) in [5.74, 6) is 0. The maximum atomic E-state index is 3.41. The molecule has 0 aliphatic carbocycles. The van der Waals surface area contributed by atoms with E-state index in [1.54, 1.807) is 23.1 Å². The summed E-state index contributed by atoms with van der Waals surface area (Å²) >= 11 is 3.57. The summed E-state index contributed by atoms with van der Waals surface area (Å²) in [5, 5.41) is 7.80. The first-order chi connectivity index (χ1) is 8.83. The summed E-state index contributed by atoms with van der Waals surface area (Å²) in [6.07, 6.45) is 4.40. The van der Waals surface area contributed by atoms with Gasteiger partial charge in [0.2, 0.25) is 0 Å². The first-order valence-electron chi connectivity index (χ1n) is 6.15. The second-order valence-electron chi connectivity index (χ2n) is 4.28. The van der Waals surface area contributed by atoms with E-state index in [0.29, 0.717) is 6.04 Å². The Bertz CT molecular complexity index is 448. The summed E-state index contributed by atoms with van der Waals surface area (Å²) in [6.45, 7) is 0. The second kappa shape index (κ2) is 6.98. The Labute approximate surface area is 118 Å². The van der Waals surface area contributed by atoms with Gasteiger partial charge in [0.15, 0.2) is 0 Å².